The van der Waals surface area contributed by atoms with Crippen LogP contribution in [0.3, 0.4) is 0 Å². The summed E-state index contributed by atoms with van der Waals surface area (Å²) in [5.41, 5.74) is -0.633. The molecule has 0 aromatic heterocycles. The van der Waals surface area contributed by atoms with Gasteiger partial charge >= 0.3 is 0 Å². The Kier molecular flexibility index (Phi) is 0.531. The Hall–Kier alpha value is -0.510. The quantitative estimate of drug-likeness (QED) is 0.538. The predicted molar refractivity (Wildman–Crippen MR) is 32.2 cm³/mol. The van der Waals surface area contributed by atoms with Crippen molar-refractivity contribution in [3.8, 4) is 6.07 Å². The van der Waals surface area contributed by atoms with Crippen LogP contribution < -0.4 is 0 Å². The van der Waals surface area contributed by atoms with Crippen molar-refractivity contribution in [2.24, 2.45) is 5.41 Å². The molecule has 1 aliphatic rings. The van der Waals surface area contributed by atoms with E-state index in [0.717, 1.165) is 0 Å². The van der Waals surface area contributed by atoms with E-state index in [1.807, 2.05) is 0 Å². The third kappa shape index (κ3) is 1.23. The van der Waals surface area contributed by atoms with Gasteiger partial charge in [-0.15, -0.1) is 0 Å². The largest absolute Gasteiger partial charge is 0.198 e. The van der Waals surface area contributed by atoms with Gasteiger partial charge in [-0.2, -0.15) is 5.26 Å². The highest BCUT2D eigenvalue weighted by atomic mass is 14.4. The molecule has 1 heteroatoms. The highest BCUT2D eigenvalue weighted by molar-refractivity contribution is 4.90. The molecular weight excluding hydrogens is 98.1 g/mol. The highest BCUT2D eigenvalue weighted by Gasteiger charge is 2.35. The van der Waals surface area contributed by atoms with Crippen LogP contribution in [0.1, 0.15) is 38.0 Å². The lowest BCUT2D eigenvalue weighted by atomic mass is 10.0. The van der Waals surface area contributed by atoms with Crippen molar-refractivity contribution < 1.29 is 5.48 Å². The molecule has 0 aromatic rings. The van der Waals surface area contributed by atoms with Gasteiger partial charge in [-0.3, -0.25) is 0 Å². The van der Waals surface area contributed by atoms with E-state index in [1.165, 1.54) is 6.07 Å². The molecule has 1 rings (SSSR count). The summed E-state index contributed by atoms with van der Waals surface area (Å²) in [5, 5.41) is 8.46. The van der Waals surface area contributed by atoms with Crippen LogP contribution in [-0.4, -0.2) is 0 Å². The van der Waals surface area contributed by atoms with Crippen LogP contribution in [-0.2, 0) is 0 Å². The van der Waals surface area contributed by atoms with Gasteiger partial charge in [0.1, 0.15) is 0 Å². The van der Waals surface area contributed by atoms with E-state index in [-0.39, 0.29) is 0 Å². The second-order valence-corrected chi connectivity index (χ2v) is 2.42. The molecule has 0 amide bonds. The summed E-state index contributed by atoms with van der Waals surface area (Å²) in [4.78, 5) is 0. The van der Waals surface area contributed by atoms with Gasteiger partial charge < -0.3 is 0 Å². The van der Waals surface area contributed by atoms with Crippen molar-refractivity contribution in [2.75, 3.05) is 0 Å². The summed E-state index contributed by atoms with van der Waals surface area (Å²) >= 11 is 0. The maximum absolute atomic E-state index is 8.46. The van der Waals surface area contributed by atoms with Crippen LogP contribution >= 0.6 is 0 Å². The van der Waals surface area contributed by atoms with Gasteiger partial charge in [0, 0.05) is 11.9 Å². The maximum Gasteiger partial charge on any atom is 0.0621 e. The zero-order valence-corrected chi connectivity index (χ0v) is 4.86. The van der Waals surface area contributed by atoms with E-state index in [9.17, 15) is 0 Å². The first-order valence-corrected chi connectivity index (χ1v) is 2.68. The lowest BCUT2D eigenvalue weighted by Gasteiger charge is -2.00. The number of rotatable bonds is 2. The topological polar surface area (TPSA) is 23.8 Å². The summed E-state index contributed by atoms with van der Waals surface area (Å²) < 4.78 is 29.4. The summed E-state index contributed by atoms with van der Waals surface area (Å²) in [5.74, 6) is 0. The first-order valence-electron chi connectivity index (χ1n) is 4.68. The normalized spacial score (nSPS) is 33.0. The average molecular weight is 113 g/mol. The lowest BCUT2D eigenvalue weighted by Crippen LogP contribution is -1.89. The Morgan fingerprint density at radius 2 is 2.50 bits per heavy atom. The lowest BCUT2D eigenvalue weighted by molar-refractivity contribution is 0.527. The molecule has 0 spiro atoms. The number of nitrogens with zero attached hydrogens (tertiary/aromatic N) is 1. The van der Waals surface area contributed by atoms with Crippen molar-refractivity contribution in [3.63, 3.8) is 0 Å². The van der Waals surface area contributed by atoms with Gasteiger partial charge in [-0.1, -0.05) is 6.92 Å². The monoisotopic (exact) mass is 113 g/mol. The minimum atomic E-state index is -2.38. The van der Waals surface area contributed by atoms with Gasteiger partial charge in [0.2, 0.25) is 0 Å². The standard InChI is InChI=1S/C7H11N/c1-7(4-5-7)3-2-6-8/h2-5H2,1H3/i2D2,3D2. The summed E-state index contributed by atoms with van der Waals surface area (Å²) in [6.45, 7) is 1.68. The van der Waals surface area contributed by atoms with Crippen molar-refractivity contribution in [2.45, 2.75) is 32.5 Å². The number of nitriles is 1. The van der Waals surface area contributed by atoms with E-state index in [0.29, 0.717) is 12.8 Å². The minimum absolute atomic E-state index is 0.633. The molecule has 0 saturated heterocycles. The molecule has 0 radical (unpaired) electrons. The third-order valence-corrected chi connectivity index (χ3v) is 1.42. The Morgan fingerprint density at radius 1 is 1.88 bits per heavy atom. The van der Waals surface area contributed by atoms with Crippen LogP contribution in [0.15, 0.2) is 0 Å². The van der Waals surface area contributed by atoms with Gasteiger partial charge in [-0.25, -0.2) is 0 Å². The second-order valence-electron chi connectivity index (χ2n) is 2.42. The summed E-state index contributed by atoms with van der Waals surface area (Å²) in [6.07, 6.45) is -3.07. The first-order chi connectivity index (χ1) is 5.27. The third-order valence-electron chi connectivity index (χ3n) is 1.42. The zero-order valence-electron chi connectivity index (χ0n) is 8.86. The second kappa shape index (κ2) is 1.78. The SMILES string of the molecule is [2H]C([2H])(C#N)C([2H])([2H])C1(C)CC1. The Morgan fingerprint density at radius 3 is 2.88 bits per heavy atom. The van der Waals surface area contributed by atoms with Gasteiger partial charge in [-0.05, 0) is 24.6 Å². The Labute approximate surface area is 55.9 Å². The van der Waals surface area contributed by atoms with E-state index < -0.39 is 18.2 Å². The number of hydrogen-bond acceptors (Lipinski definition) is 1. The molecular formula is C7H11N. The molecule has 0 atom stereocenters. The summed E-state index contributed by atoms with van der Waals surface area (Å²) in [6, 6.07) is 1.39. The van der Waals surface area contributed by atoms with Crippen LogP contribution in [0.25, 0.3) is 0 Å². The van der Waals surface area contributed by atoms with E-state index in [4.69, 9.17) is 10.7 Å². The molecule has 0 bridgehead atoms. The van der Waals surface area contributed by atoms with Crippen molar-refractivity contribution in [1.82, 2.24) is 0 Å². The average Bonchev–Trinajstić information content (AvgIpc) is 2.69. The van der Waals surface area contributed by atoms with Crippen LogP contribution in [0.2, 0.25) is 0 Å². The maximum atomic E-state index is 8.46. The zero-order chi connectivity index (χ0) is 9.62. The molecule has 44 valence electrons. The van der Waals surface area contributed by atoms with Gasteiger partial charge in [0.15, 0.2) is 0 Å². The summed E-state index contributed by atoms with van der Waals surface area (Å²) in [7, 11) is 0. The molecule has 1 fully saturated rings. The molecule has 0 aliphatic heterocycles. The molecule has 0 heterocycles. The molecule has 1 nitrogen and oxygen atoms in total. The van der Waals surface area contributed by atoms with Crippen LogP contribution in [0.4, 0.5) is 0 Å². The van der Waals surface area contributed by atoms with Crippen molar-refractivity contribution in [1.29, 1.82) is 5.26 Å². The van der Waals surface area contributed by atoms with E-state index >= 15 is 0 Å². The highest BCUT2D eigenvalue weighted by Crippen LogP contribution is 2.48. The molecule has 1 aliphatic carbocycles. The van der Waals surface area contributed by atoms with Crippen molar-refractivity contribution >= 4 is 0 Å². The van der Waals surface area contributed by atoms with E-state index in [2.05, 4.69) is 0 Å². The van der Waals surface area contributed by atoms with Crippen LogP contribution in [0, 0.1) is 16.7 Å². The first kappa shape index (κ1) is 2.39. The molecule has 1 saturated carbocycles. The molecule has 0 unspecified atom stereocenters. The van der Waals surface area contributed by atoms with E-state index in [1.54, 1.807) is 6.92 Å². The Balaban J connectivity index is 2.94. The minimum Gasteiger partial charge on any atom is -0.198 e. The van der Waals surface area contributed by atoms with Gasteiger partial charge in [0.05, 0.1) is 6.07 Å². The smallest absolute Gasteiger partial charge is 0.0621 e. The fourth-order valence-corrected chi connectivity index (χ4v) is 0.491. The number of hydrogen-bond donors (Lipinski definition) is 0. The molecule has 0 aromatic carbocycles. The van der Waals surface area contributed by atoms with Crippen molar-refractivity contribution in [3.05, 3.63) is 0 Å². The predicted octanol–water partition coefficient (Wildman–Crippen LogP) is 2.09. The van der Waals surface area contributed by atoms with Crippen LogP contribution in [0.5, 0.6) is 0 Å². The molecule has 0 N–H and O–H groups in total. The Bertz CT molecular complexity index is 236. The fourth-order valence-electron chi connectivity index (χ4n) is 0.491. The molecule has 8 heavy (non-hydrogen) atoms. The van der Waals surface area contributed by atoms with Gasteiger partial charge in [0.25, 0.3) is 0 Å². The fraction of sp³-hybridized carbons (Fsp3) is 0.857.